The monoisotopic (exact) mass is 417 g/mol. The number of nitrogens with one attached hydrogen (secondary N) is 1. The summed E-state index contributed by atoms with van der Waals surface area (Å²) in [6.45, 7) is -0.609. The van der Waals surface area contributed by atoms with Gasteiger partial charge in [-0.3, -0.25) is 14.4 Å². The molecule has 0 aromatic heterocycles. The number of carbonyl (C=O) groups is 3. The molecule has 5 nitrogen and oxygen atoms in total. The SMILES string of the molecule is O=C(COC(=O)C1C[C@H]2CCC[C@H](C1)C2=O)Nc1ccc(Cl)c(C(F)(F)F)c1. The maximum Gasteiger partial charge on any atom is 0.417 e. The summed E-state index contributed by atoms with van der Waals surface area (Å²) in [7, 11) is 0. The van der Waals surface area contributed by atoms with E-state index in [2.05, 4.69) is 5.32 Å². The Morgan fingerprint density at radius 3 is 2.43 bits per heavy atom. The van der Waals surface area contributed by atoms with Crippen LogP contribution in [-0.2, 0) is 25.3 Å². The van der Waals surface area contributed by atoms with Crippen molar-refractivity contribution < 1.29 is 32.3 Å². The van der Waals surface area contributed by atoms with E-state index in [4.69, 9.17) is 16.3 Å². The van der Waals surface area contributed by atoms with E-state index < -0.39 is 41.2 Å². The van der Waals surface area contributed by atoms with Crippen molar-refractivity contribution >= 4 is 34.9 Å². The highest BCUT2D eigenvalue weighted by molar-refractivity contribution is 6.31. The quantitative estimate of drug-likeness (QED) is 0.744. The van der Waals surface area contributed by atoms with Gasteiger partial charge in [0.25, 0.3) is 5.91 Å². The molecule has 2 saturated carbocycles. The second-order valence-corrected chi connectivity index (χ2v) is 7.65. The molecule has 2 aliphatic carbocycles. The summed E-state index contributed by atoms with van der Waals surface area (Å²) in [5, 5.41) is 1.78. The van der Waals surface area contributed by atoms with Gasteiger partial charge in [-0.05, 0) is 43.9 Å². The maximum atomic E-state index is 12.9. The molecule has 2 bridgehead atoms. The number of fused-ring (bicyclic) bond motifs is 2. The van der Waals surface area contributed by atoms with Gasteiger partial charge < -0.3 is 10.1 Å². The van der Waals surface area contributed by atoms with Gasteiger partial charge in [0.05, 0.1) is 16.5 Å². The maximum absolute atomic E-state index is 12.9. The van der Waals surface area contributed by atoms with Crippen LogP contribution in [0, 0.1) is 17.8 Å². The van der Waals surface area contributed by atoms with Crippen LogP contribution in [0.15, 0.2) is 18.2 Å². The fourth-order valence-corrected chi connectivity index (χ4v) is 4.17. The molecule has 2 fully saturated rings. The normalized spacial score (nSPS) is 24.6. The van der Waals surface area contributed by atoms with Gasteiger partial charge in [-0.2, -0.15) is 13.2 Å². The first-order valence-corrected chi connectivity index (χ1v) is 9.40. The highest BCUT2D eigenvalue weighted by Crippen LogP contribution is 2.40. The minimum absolute atomic E-state index is 0.101. The lowest BCUT2D eigenvalue weighted by Crippen LogP contribution is -2.40. The Kier molecular flexibility index (Phi) is 5.98. The van der Waals surface area contributed by atoms with Crippen LogP contribution >= 0.6 is 11.6 Å². The number of hydrogen-bond acceptors (Lipinski definition) is 4. The Labute approximate surface area is 164 Å². The molecule has 1 N–H and O–H groups in total. The zero-order valence-corrected chi connectivity index (χ0v) is 15.6. The van der Waals surface area contributed by atoms with Crippen LogP contribution in [-0.4, -0.2) is 24.3 Å². The van der Waals surface area contributed by atoms with Crippen LogP contribution in [0.2, 0.25) is 5.02 Å². The molecule has 0 spiro atoms. The number of benzene rings is 1. The van der Waals surface area contributed by atoms with E-state index >= 15 is 0 Å². The Bertz CT molecular complexity index is 780. The van der Waals surface area contributed by atoms with Gasteiger partial charge in [-0.1, -0.05) is 18.0 Å². The van der Waals surface area contributed by atoms with Crippen molar-refractivity contribution in [2.45, 2.75) is 38.3 Å². The van der Waals surface area contributed by atoms with E-state index in [0.29, 0.717) is 12.8 Å². The largest absolute Gasteiger partial charge is 0.455 e. The van der Waals surface area contributed by atoms with Gasteiger partial charge in [-0.15, -0.1) is 0 Å². The van der Waals surface area contributed by atoms with Crippen LogP contribution in [0.25, 0.3) is 0 Å². The van der Waals surface area contributed by atoms with E-state index in [9.17, 15) is 27.6 Å². The number of anilines is 1. The van der Waals surface area contributed by atoms with Gasteiger partial charge in [0.15, 0.2) is 6.61 Å². The average molecular weight is 418 g/mol. The van der Waals surface area contributed by atoms with Gasteiger partial charge >= 0.3 is 12.1 Å². The smallest absolute Gasteiger partial charge is 0.417 e. The zero-order valence-electron chi connectivity index (χ0n) is 14.9. The molecule has 1 aromatic rings. The summed E-state index contributed by atoms with van der Waals surface area (Å²) in [5.74, 6) is -1.74. The molecular weight excluding hydrogens is 399 g/mol. The van der Waals surface area contributed by atoms with Gasteiger partial charge in [0, 0.05) is 17.5 Å². The molecule has 9 heteroatoms. The fourth-order valence-electron chi connectivity index (χ4n) is 3.94. The first kappa shape index (κ1) is 20.6. The average Bonchev–Trinajstić information content (AvgIpc) is 2.60. The molecule has 1 amide bonds. The summed E-state index contributed by atoms with van der Waals surface area (Å²) in [4.78, 5) is 36.2. The molecule has 2 atom stereocenters. The minimum atomic E-state index is -4.65. The molecule has 2 aliphatic rings. The fraction of sp³-hybridized carbons (Fsp3) is 0.526. The Balaban J connectivity index is 1.53. The number of halogens is 4. The van der Waals surface area contributed by atoms with Crippen molar-refractivity contribution in [3.8, 4) is 0 Å². The number of carbonyl (C=O) groups excluding carboxylic acids is 3. The van der Waals surface area contributed by atoms with Crippen LogP contribution < -0.4 is 5.32 Å². The highest BCUT2D eigenvalue weighted by atomic mass is 35.5. The number of ether oxygens (including phenoxy) is 1. The number of hydrogen-bond donors (Lipinski definition) is 1. The number of Topliss-reactive ketones (excluding diaryl/α,β-unsaturated/α-hetero) is 1. The topological polar surface area (TPSA) is 72.5 Å². The summed E-state index contributed by atoms with van der Waals surface area (Å²) in [5.41, 5.74) is -1.17. The van der Waals surface area contributed by atoms with Crippen molar-refractivity contribution in [1.29, 1.82) is 0 Å². The van der Waals surface area contributed by atoms with E-state index in [0.717, 1.165) is 31.4 Å². The highest BCUT2D eigenvalue weighted by Gasteiger charge is 2.42. The standard InChI is InChI=1S/C19H19ClF3NO4/c20-15-5-4-13(8-14(15)19(21,22)23)24-16(25)9-28-18(27)12-6-10-2-1-3-11(7-12)17(10)26/h4-5,8,10-12H,1-3,6-7,9H2,(H,24,25)/t10-,11-/m1/s1. The number of amides is 1. The van der Waals surface area contributed by atoms with Crippen LogP contribution in [0.5, 0.6) is 0 Å². The third-order valence-electron chi connectivity index (χ3n) is 5.28. The molecule has 0 radical (unpaired) electrons. The van der Waals surface area contributed by atoms with Crippen molar-refractivity contribution in [2.75, 3.05) is 11.9 Å². The predicted molar refractivity (Wildman–Crippen MR) is 94.6 cm³/mol. The molecule has 1 aromatic carbocycles. The summed E-state index contributed by atoms with van der Waals surface area (Å²) in [6, 6.07) is 2.98. The third-order valence-corrected chi connectivity index (χ3v) is 5.61. The lowest BCUT2D eigenvalue weighted by atomic mass is 9.67. The van der Waals surface area contributed by atoms with E-state index in [1.54, 1.807) is 0 Å². The lowest BCUT2D eigenvalue weighted by molar-refractivity contribution is -0.155. The van der Waals surface area contributed by atoms with Crippen LogP contribution in [0.3, 0.4) is 0 Å². The first-order valence-electron chi connectivity index (χ1n) is 9.02. The second kappa shape index (κ2) is 8.11. The zero-order chi connectivity index (χ0) is 20.5. The first-order chi connectivity index (χ1) is 13.1. The van der Waals surface area contributed by atoms with Crippen molar-refractivity contribution in [1.82, 2.24) is 0 Å². The molecule has 0 aliphatic heterocycles. The molecule has 0 unspecified atom stereocenters. The van der Waals surface area contributed by atoms with Crippen molar-refractivity contribution in [3.63, 3.8) is 0 Å². The van der Waals surface area contributed by atoms with Gasteiger partial charge in [0.2, 0.25) is 0 Å². The molecule has 0 saturated heterocycles. The summed E-state index contributed by atoms with van der Waals surface area (Å²) < 4.78 is 43.6. The number of alkyl halides is 3. The molecular formula is C19H19ClF3NO4. The van der Waals surface area contributed by atoms with E-state index in [1.165, 1.54) is 6.07 Å². The second-order valence-electron chi connectivity index (χ2n) is 7.24. The summed E-state index contributed by atoms with van der Waals surface area (Å²) >= 11 is 5.53. The number of rotatable bonds is 4. The summed E-state index contributed by atoms with van der Waals surface area (Å²) in [6.07, 6.45) is -1.26. The van der Waals surface area contributed by atoms with Gasteiger partial charge in [0.1, 0.15) is 5.78 Å². The lowest BCUT2D eigenvalue weighted by Gasteiger charge is -2.36. The Morgan fingerprint density at radius 1 is 1.18 bits per heavy atom. The van der Waals surface area contributed by atoms with Crippen LogP contribution in [0.1, 0.15) is 37.7 Å². The Hall–Kier alpha value is -2.09. The minimum Gasteiger partial charge on any atom is -0.455 e. The van der Waals surface area contributed by atoms with Crippen LogP contribution in [0.4, 0.5) is 18.9 Å². The molecule has 0 heterocycles. The van der Waals surface area contributed by atoms with Crippen molar-refractivity contribution in [3.05, 3.63) is 28.8 Å². The third kappa shape index (κ3) is 4.66. The van der Waals surface area contributed by atoms with E-state index in [1.807, 2.05) is 0 Å². The number of ketones is 1. The van der Waals surface area contributed by atoms with Crippen molar-refractivity contribution in [2.24, 2.45) is 17.8 Å². The predicted octanol–water partition coefficient (Wildman–Crippen LogP) is 4.24. The molecule has 152 valence electrons. The molecule has 3 rings (SSSR count). The Morgan fingerprint density at radius 2 is 1.82 bits per heavy atom. The van der Waals surface area contributed by atoms with E-state index in [-0.39, 0.29) is 23.3 Å². The molecule has 28 heavy (non-hydrogen) atoms. The number of esters is 1. The van der Waals surface area contributed by atoms with Gasteiger partial charge in [-0.25, -0.2) is 0 Å².